The van der Waals surface area contributed by atoms with Gasteiger partial charge >= 0.3 is 18.4 Å². The Morgan fingerprint density at radius 2 is 1.58 bits per heavy atom. The Bertz CT molecular complexity index is 696. The zero-order valence-electron chi connectivity index (χ0n) is 11.3. The number of aromatic amines is 1. The van der Waals surface area contributed by atoms with Crippen molar-refractivity contribution in [2.75, 3.05) is 0 Å². The average molecular weight is 355 g/mol. The van der Waals surface area contributed by atoms with Gasteiger partial charge in [-0.3, -0.25) is 0 Å². The summed E-state index contributed by atoms with van der Waals surface area (Å²) >= 11 is 0. The van der Waals surface area contributed by atoms with Gasteiger partial charge in [-0.1, -0.05) is 17.3 Å². The van der Waals surface area contributed by atoms with Gasteiger partial charge in [0, 0.05) is 0 Å². The minimum Gasteiger partial charge on any atom is -0.411 e. The SMILES string of the molecule is NC(=O)Oc1ccc(C(c2nn[nH]n2)(C(F)(F)F)C(F)(F)F)cc1. The minimum absolute atomic E-state index is 0.336. The van der Waals surface area contributed by atoms with Crippen molar-refractivity contribution in [3.63, 3.8) is 0 Å². The molecule has 0 bridgehead atoms. The van der Waals surface area contributed by atoms with E-state index in [0.29, 0.717) is 12.1 Å². The van der Waals surface area contributed by atoms with Crippen LogP contribution in [-0.2, 0) is 5.41 Å². The van der Waals surface area contributed by atoms with Crippen LogP contribution in [0.15, 0.2) is 24.3 Å². The Morgan fingerprint density at radius 3 is 1.96 bits per heavy atom. The van der Waals surface area contributed by atoms with E-state index in [2.05, 4.69) is 20.1 Å². The zero-order chi connectivity index (χ0) is 18.2. The number of tetrazole rings is 1. The van der Waals surface area contributed by atoms with Crippen LogP contribution in [-0.4, -0.2) is 39.1 Å². The van der Waals surface area contributed by atoms with Crippen LogP contribution < -0.4 is 10.5 Å². The first kappa shape index (κ1) is 17.5. The van der Waals surface area contributed by atoms with E-state index >= 15 is 0 Å². The van der Waals surface area contributed by atoms with Gasteiger partial charge in [-0.05, 0) is 17.7 Å². The molecule has 1 aromatic carbocycles. The second-order valence-electron chi connectivity index (χ2n) is 4.43. The predicted molar refractivity (Wildman–Crippen MR) is 63.7 cm³/mol. The van der Waals surface area contributed by atoms with Crippen molar-refractivity contribution in [1.29, 1.82) is 0 Å². The number of nitrogens with two attached hydrogens (primary N) is 1. The van der Waals surface area contributed by atoms with Gasteiger partial charge < -0.3 is 10.5 Å². The molecular formula is C11H7F6N5O2. The third kappa shape index (κ3) is 2.72. The third-order valence-electron chi connectivity index (χ3n) is 3.04. The molecule has 0 saturated heterocycles. The lowest BCUT2D eigenvalue weighted by molar-refractivity contribution is -0.290. The molecule has 0 atom stereocenters. The molecule has 130 valence electrons. The molecule has 0 unspecified atom stereocenters. The second-order valence-corrected chi connectivity index (χ2v) is 4.43. The molecule has 0 saturated carbocycles. The van der Waals surface area contributed by atoms with E-state index in [1.165, 1.54) is 0 Å². The number of H-pyrrole nitrogens is 1. The minimum atomic E-state index is -5.83. The number of aromatic nitrogens is 4. The van der Waals surface area contributed by atoms with Crippen LogP contribution >= 0.6 is 0 Å². The third-order valence-corrected chi connectivity index (χ3v) is 3.04. The predicted octanol–water partition coefficient (Wildman–Crippen LogP) is 2.07. The number of hydrogen-bond acceptors (Lipinski definition) is 5. The number of halogens is 6. The highest BCUT2D eigenvalue weighted by molar-refractivity contribution is 5.68. The highest BCUT2D eigenvalue weighted by Crippen LogP contribution is 2.55. The fourth-order valence-corrected chi connectivity index (χ4v) is 2.08. The molecule has 7 nitrogen and oxygen atoms in total. The van der Waals surface area contributed by atoms with E-state index in [4.69, 9.17) is 5.73 Å². The van der Waals surface area contributed by atoms with Crippen molar-refractivity contribution in [3.8, 4) is 5.75 Å². The van der Waals surface area contributed by atoms with Crippen LogP contribution in [0.2, 0.25) is 0 Å². The highest BCUT2D eigenvalue weighted by Gasteiger charge is 2.75. The molecule has 1 amide bonds. The number of carbonyl (C=O) groups excluding carboxylic acids is 1. The normalized spacial score (nSPS) is 12.9. The fraction of sp³-hybridized carbons (Fsp3) is 0.273. The molecule has 3 N–H and O–H groups in total. The fourth-order valence-electron chi connectivity index (χ4n) is 2.08. The molecule has 0 radical (unpaired) electrons. The molecule has 2 aromatic rings. The molecule has 0 fully saturated rings. The topological polar surface area (TPSA) is 107 Å². The maximum absolute atomic E-state index is 13.5. The molecule has 13 heteroatoms. The van der Waals surface area contributed by atoms with Gasteiger partial charge in [0.1, 0.15) is 5.75 Å². The molecule has 0 aliphatic carbocycles. The van der Waals surface area contributed by atoms with Gasteiger partial charge in [0.2, 0.25) is 11.2 Å². The van der Waals surface area contributed by atoms with Gasteiger partial charge in [-0.2, -0.15) is 31.6 Å². The summed E-state index contributed by atoms with van der Waals surface area (Å²) in [6.07, 6.45) is -12.9. The Hall–Kier alpha value is -2.86. The van der Waals surface area contributed by atoms with Gasteiger partial charge in [-0.25, -0.2) is 4.79 Å². The monoisotopic (exact) mass is 355 g/mol. The number of amides is 1. The van der Waals surface area contributed by atoms with Gasteiger partial charge in [0.05, 0.1) is 0 Å². The van der Waals surface area contributed by atoms with Crippen LogP contribution in [0.4, 0.5) is 31.1 Å². The number of hydrogen-bond donors (Lipinski definition) is 2. The van der Waals surface area contributed by atoms with Crippen LogP contribution in [0.1, 0.15) is 11.4 Å². The van der Waals surface area contributed by atoms with Crippen molar-refractivity contribution < 1.29 is 35.9 Å². The number of rotatable bonds is 3. The molecular weight excluding hydrogens is 348 g/mol. The van der Waals surface area contributed by atoms with E-state index in [1.54, 1.807) is 5.21 Å². The van der Waals surface area contributed by atoms with E-state index < -0.39 is 35.2 Å². The quantitative estimate of drug-likeness (QED) is 0.820. The van der Waals surface area contributed by atoms with E-state index in [1.807, 2.05) is 0 Å². The smallest absolute Gasteiger partial charge is 0.411 e. The van der Waals surface area contributed by atoms with Crippen LogP contribution in [0.25, 0.3) is 0 Å². The Morgan fingerprint density at radius 1 is 1.04 bits per heavy atom. The largest absolute Gasteiger partial charge is 0.414 e. The van der Waals surface area contributed by atoms with Crippen LogP contribution in [0.5, 0.6) is 5.75 Å². The number of ether oxygens (including phenoxy) is 1. The van der Waals surface area contributed by atoms with Crippen molar-refractivity contribution in [2.45, 2.75) is 17.8 Å². The van der Waals surface area contributed by atoms with Crippen molar-refractivity contribution in [3.05, 3.63) is 35.7 Å². The zero-order valence-corrected chi connectivity index (χ0v) is 11.3. The molecule has 1 heterocycles. The number of benzene rings is 1. The second kappa shape index (κ2) is 5.65. The first-order valence-electron chi connectivity index (χ1n) is 5.95. The summed E-state index contributed by atoms with van der Waals surface area (Å²) in [7, 11) is 0. The molecule has 0 aliphatic heterocycles. The Balaban J connectivity index is 2.69. The summed E-state index contributed by atoms with van der Waals surface area (Å²) < 4.78 is 85.3. The summed E-state index contributed by atoms with van der Waals surface area (Å²) in [6.45, 7) is 0. The first-order valence-corrected chi connectivity index (χ1v) is 5.95. The maximum atomic E-state index is 13.5. The van der Waals surface area contributed by atoms with E-state index in [-0.39, 0.29) is 5.75 Å². The summed E-state index contributed by atoms with van der Waals surface area (Å²) in [4.78, 5) is 10.6. The standard InChI is InChI=1S/C11H7F6N5O2/c12-10(13,14)9(11(15,16)17,7-19-21-22-20-7)5-1-3-6(4-2-5)24-8(18)23/h1-4H,(H2,18,23)(H,19,20,21,22). The van der Waals surface area contributed by atoms with Crippen LogP contribution in [0.3, 0.4) is 0 Å². The highest BCUT2D eigenvalue weighted by atomic mass is 19.4. The van der Waals surface area contributed by atoms with Gasteiger partial charge in [0.15, 0.2) is 0 Å². The van der Waals surface area contributed by atoms with E-state index in [0.717, 1.165) is 12.1 Å². The summed E-state index contributed by atoms with van der Waals surface area (Å²) in [5.74, 6) is -1.95. The molecule has 24 heavy (non-hydrogen) atoms. The van der Waals surface area contributed by atoms with Crippen LogP contribution in [0, 0.1) is 0 Å². The van der Waals surface area contributed by atoms with Crippen molar-refractivity contribution in [1.82, 2.24) is 20.6 Å². The van der Waals surface area contributed by atoms with Gasteiger partial charge in [0.25, 0.3) is 0 Å². The lowest BCUT2D eigenvalue weighted by Crippen LogP contribution is -2.55. The summed E-state index contributed by atoms with van der Waals surface area (Å²) in [5, 5.41) is 10.1. The molecule has 1 aromatic heterocycles. The number of alkyl halides is 6. The maximum Gasteiger partial charge on any atom is 0.414 e. The molecule has 2 rings (SSSR count). The lowest BCUT2D eigenvalue weighted by atomic mass is 9.78. The number of nitrogens with one attached hydrogen (secondary N) is 1. The average Bonchev–Trinajstić information content (AvgIpc) is 2.91. The summed E-state index contributed by atoms with van der Waals surface area (Å²) in [6, 6.07) is 2.42. The summed E-state index contributed by atoms with van der Waals surface area (Å²) in [5.41, 5.74) is -1.04. The molecule has 0 spiro atoms. The number of nitrogens with zero attached hydrogens (tertiary/aromatic N) is 3. The number of primary amides is 1. The Kier molecular flexibility index (Phi) is 4.12. The first-order chi connectivity index (χ1) is 11.0. The van der Waals surface area contributed by atoms with Crippen molar-refractivity contribution >= 4 is 6.09 Å². The van der Waals surface area contributed by atoms with Crippen molar-refractivity contribution in [2.24, 2.45) is 5.73 Å². The lowest BCUT2D eigenvalue weighted by Gasteiger charge is -2.34. The van der Waals surface area contributed by atoms with Gasteiger partial charge in [-0.15, -0.1) is 10.2 Å². The van der Waals surface area contributed by atoms with E-state index in [9.17, 15) is 31.1 Å². The molecule has 0 aliphatic rings. The Labute approximate surface area is 128 Å². The number of carbonyl (C=O) groups is 1.